The van der Waals surface area contributed by atoms with E-state index in [9.17, 15) is 18.0 Å². The Morgan fingerprint density at radius 1 is 1.16 bits per heavy atom. The first kappa shape index (κ1) is 19.4. The molecule has 0 aliphatic carbocycles. The number of likely N-dealkylation sites (N-methyl/N-ethyl adjacent to an activating group) is 1. The second kappa shape index (κ2) is 7.97. The van der Waals surface area contributed by atoms with Gasteiger partial charge in [0.1, 0.15) is 0 Å². The number of amides is 1. The van der Waals surface area contributed by atoms with Gasteiger partial charge in [-0.15, -0.1) is 0 Å². The van der Waals surface area contributed by atoms with Gasteiger partial charge in [-0.25, -0.2) is 13.2 Å². The predicted octanol–water partition coefficient (Wildman–Crippen LogP) is 1.26. The Morgan fingerprint density at radius 2 is 1.72 bits per heavy atom. The molecular weight excluding hydrogens is 344 g/mol. The number of nitrogens with zero attached hydrogens (tertiary/aromatic N) is 1. The van der Waals surface area contributed by atoms with Gasteiger partial charge in [0.25, 0.3) is 5.91 Å². The van der Waals surface area contributed by atoms with E-state index in [0.29, 0.717) is 24.9 Å². The minimum absolute atomic E-state index is 0.150. The zero-order valence-corrected chi connectivity index (χ0v) is 15.5. The fraction of sp³-hybridized carbons (Fsp3) is 0.529. The van der Waals surface area contributed by atoms with Crippen molar-refractivity contribution < 1.29 is 22.7 Å². The number of esters is 1. The molecule has 138 valence electrons. The van der Waals surface area contributed by atoms with Crippen molar-refractivity contribution in [1.29, 1.82) is 0 Å². The Kier molecular flexibility index (Phi) is 6.18. The number of piperidine rings is 1. The number of sulfonamides is 1. The van der Waals surface area contributed by atoms with Crippen LogP contribution in [-0.4, -0.2) is 51.3 Å². The average Bonchev–Trinajstić information content (AvgIpc) is 2.58. The van der Waals surface area contributed by atoms with Crippen LogP contribution in [0.5, 0.6) is 0 Å². The summed E-state index contributed by atoms with van der Waals surface area (Å²) in [5, 5.41) is 2.34. The highest BCUT2D eigenvalue weighted by atomic mass is 32.2. The molecule has 1 N–H and O–H groups in total. The zero-order chi connectivity index (χ0) is 18.6. The van der Waals surface area contributed by atoms with Gasteiger partial charge in [-0.3, -0.25) is 4.79 Å². The van der Waals surface area contributed by atoms with Crippen LogP contribution in [0.1, 0.15) is 30.6 Å². The molecule has 0 spiro atoms. The van der Waals surface area contributed by atoms with E-state index >= 15 is 0 Å². The van der Waals surface area contributed by atoms with Gasteiger partial charge in [0.05, 0.1) is 10.5 Å². The van der Waals surface area contributed by atoms with Gasteiger partial charge < -0.3 is 10.1 Å². The van der Waals surface area contributed by atoms with Crippen molar-refractivity contribution in [2.24, 2.45) is 11.8 Å². The monoisotopic (exact) mass is 368 g/mol. The van der Waals surface area contributed by atoms with E-state index < -0.39 is 21.9 Å². The quantitative estimate of drug-likeness (QED) is 0.790. The zero-order valence-electron chi connectivity index (χ0n) is 14.7. The fourth-order valence-corrected chi connectivity index (χ4v) is 4.68. The largest absolute Gasteiger partial charge is 0.452 e. The summed E-state index contributed by atoms with van der Waals surface area (Å²) in [6, 6.07) is 5.59. The van der Waals surface area contributed by atoms with Crippen LogP contribution >= 0.6 is 0 Å². The summed E-state index contributed by atoms with van der Waals surface area (Å²) in [6.07, 6.45) is 1.02. The summed E-state index contributed by atoms with van der Waals surface area (Å²) >= 11 is 0. The first-order chi connectivity index (χ1) is 11.7. The Bertz CT molecular complexity index is 720. The molecule has 1 amide bonds. The second-order valence-corrected chi connectivity index (χ2v) is 8.48. The van der Waals surface area contributed by atoms with E-state index in [-0.39, 0.29) is 17.1 Å². The molecule has 2 unspecified atom stereocenters. The SMILES string of the molecule is CNC(=O)COC(=O)c1ccc(S(=O)(=O)N2CC(C)CC(C)C2)cc1. The van der Waals surface area contributed by atoms with Crippen molar-refractivity contribution in [2.45, 2.75) is 25.2 Å². The molecule has 1 aromatic carbocycles. The maximum absolute atomic E-state index is 12.8. The highest BCUT2D eigenvalue weighted by molar-refractivity contribution is 7.89. The van der Waals surface area contributed by atoms with E-state index in [4.69, 9.17) is 4.74 Å². The van der Waals surface area contributed by atoms with Crippen LogP contribution < -0.4 is 5.32 Å². The number of benzene rings is 1. The summed E-state index contributed by atoms with van der Waals surface area (Å²) in [5.74, 6) is -0.455. The molecule has 1 aliphatic rings. The topological polar surface area (TPSA) is 92.8 Å². The molecule has 0 aromatic heterocycles. The molecule has 1 saturated heterocycles. The molecular formula is C17H24N2O5S. The normalized spacial score (nSPS) is 21.6. The fourth-order valence-electron chi connectivity index (χ4n) is 3.00. The van der Waals surface area contributed by atoms with Crippen LogP contribution in [0.3, 0.4) is 0 Å². The molecule has 1 fully saturated rings. The first-order valence-electron chi connectivity index (χ1n) is 8.22. The molecule has 8 heteroatoms. The number of rotatable bonds is 5. The van der Waals surface area contributed by atoms with Crippen molar-refractivity contribution in [3.8, 4) is 0 Å². The Hall–Kier alpha value is -1.93. The lowest BCUT2D eigenvalue weighted by Crippen LogP contribution is -2.42. The number of hydrogen-bond donors (Lipinski definition) is 1. The number of ether oxygens (including phenoxy) is 1. The number of carbonyl (C=O) groups excluding carboxylic acids is 2. The van der Waals surface area contributed by atoms with E-state index in [1.165, 1.54) is 35.6 Å². The summed E-state index contributed by atoms with van der Waals surface area (Å²) < 4.78 is 31.9. The van der Waals surface area contributed by atoms with Gasteiger partial charge in [0, 0.05) is 20.1 Å². The summed E-state index contributed by atoms with van der Waals surface area (Å²) in [5.41, 5.74) is 0.197. The van der Waals surface area contributed by atoms with Crippen molar-refractivity contribution in [3.63, 3.8) is 0 Å². The van der Waals surface area contributed by atoms with Crippen molar-refractivity contribution in [3.05, 3.63) is 29.8 Å². The highest BCUT2D eigenvalue weighted by Gasteiger charge is 2.31. The average molecular weight is 368 g/mol. The first-order valence-corrected chi connectivity index (χ1v) is 9.66. The molecule has 1 heterocycles. The molecule has 25 heavy (non-hydrogen) atoms. The molecule has 0 bridgehead atoms. The van der Waals surface area contributed by atoms with Crippen molar-refractivity contribution in [1.82, 2.24) is 9.62 Å². The molecule has 0 saturated carbocycles. The predicted molar refractivity (Wildman–Crippen MR) is 92.5 cm³/mol. The molecule has 7 nitrogen and oxygen atoms in total. The van der Waals surface area contributed by atoms with Gasteiger partial charge in [0.15, 0.2) is 6.61 Å². The van der Waals surface area contributed by atoms with E-state index in [0.717, 1.165) is 6.42 Å². The third-order valence-corrected chi connectivity index (χ3v) is 6.02. The van der Waals surface area contributed by atoms with E-state index in [1.54, 1.807) is 0 Å². The van der Waals surface area contributed by atoms with Crippen molar-refractivity contribution >= 4 is 21.9 Å². The van der Waals surface area contributed by atoms with Crippen LogP contribution in [0, 0.1) is 11.8 Å². The maximum Gasteiger partial charge on any atom is 0.338 e. The number of carbonyl (C=O) groups is 2. The van der Waals surface area contributed by atoms with Gasteiger partial charge >= 0.3 is 5.97 Å². The minimum Gasteiger partial charge on any atom is -0.452 e. The number of hydrogen-bond acceptors (Lipinski definition) is 5. The van der Waals surface area contributed by atoms with Crippen LogP contribution in [-0.2, 0) is 19.6 Å². The van der Waals surface area contributed by atoms with Crippen LogP contribution in [0.15, 0.2) is 29.2 Å². The Labute approximate surface area is 148 Å². The van der Waals surface area contributed by atoms with Gasteiger partial charge in [0.2, 0.25) is 10.0 Å². The third-order valence-electron chi connectivity index (χ3n) is 4.18. The lowest BCUT2D eigenvalue weighted by molar-refractivity contribution is -0.123. The van der Waals surface area contributed by atoms with Gasteiger partial charge in [-0.1, -0.05) is 13.8 Å². The molecule has 1 aliphatic heterocycles. The highest BCUT2D eigenvalue weighted by Crippen LogP contribution is 2.26. The number of nitrogens with one attached hydrogen (secondary N) is 1. The van der Waals surface area contributed by atoms with Crippen LogP contribution in [0.4, 0.5) is 0 Å². The summed E-state index contributed by atoms with van der Waals surface area (Å²) in [6.45, 7) is 4.72. The Morgan fingerprint density at radius 3 is 2.24 bits per heavy atom. The van der Waals surface area contributed by atoms with Crippen LogP contribution in [0.2, 0.25) is 0 Å². The van der Waals surface area contributed by atoms with Gasteiger partial charge in [-0.05, 0) is 42.5 Å². The maximum atomic E-state index is 12.8. The van der Waals surface area contributed by atoms with E-state index in [1.807, 2.05) is 13.8 Å². The standard InChI is InChI=1S/C17H24N2O5S/c1-12-8-13(2)10-19(9-12)25(22,23)15-6-4-14(5-7-15)17(21)24-11-16(20)18-3/h4-7,12-13H,8-11H2,1-3H3,(H,18,20). The molecule has 0 radical (unpaired) electrons. The molecule has 2 rings (SSSR count). The second-order valence-electron chi connectivity index (χ2n) is 6.54. The summed E-state index contributed by atoms with van der Waals surface area (Å²) in [4.78, 5) is 23.1. The Balaban J connectivity index is 2.10. The van der Waals surface area contributed by atoms with E-state index in [2.05, 4.69) is 5.32 Å². The smallest absolute Gasteiger partial charge is 0.338 e. The third kappa shape index (κ3) is 4.79. The summed E-state index contributed by atoms with van der Waals surface area (Å²) in [7, 11) is -2.14. The van der Waals surface area contributed by atoms with Gasteiger partial charge in [-0.2, -0.15) is 4.31 Å². The lowest BCUT2D eigenvalue weighted by atomic mass is 9.94. The van der Waals surface area contributed by atoms with Crippen molar-refractivity contribution in [2.75, 3.05) is 26.7 Å². The minimum atomic E-state index is -3.58. The molecule has 2 atom stereocenters. The van der Waals surface area contributed by atoms with Crippen LogP contribution in [0.25, 0.3) is 0 Å². The molecule has 1 aromatic rings. The lowest BCUT2D eigenvalue weighted by Gasteiger charge is -2.34.